The van der Waals surface area contributed by atoms with Gasteiger partial charge in [-0.15, -0.1) is 35.3 Å². The first kappa shape index (κ1) is 24.0. The highest BCUT2D eigenvalue weighted by Gasteiger charge is 2.23. The summed E-state index contributed by atoms with van der Waals surface area (Å²) in [6.45, 7) is 15.2. The van der Waals surface area contributed by atoms with Crippen LogP contribution in [0, 0.1) is 0 Å². The molecule has 29 heavy (non-hydrogen) atoms. The third-order valence-electron chi connectivity index (χ3n) is 4.77. The summed E-state index contributed by atoms with van der Waals surface area (Å²) in [6.07, 6.45) is 1.98. The van der Waals surface area contributed by atoms with Crippen molar-refractivity contribution in [3.63, 3.8) is 0 Å². The fraction of sp³-hybridized carbons (Fsp3) is 0.700. The maximum atomic E-state index is 4.76. The van der Waals surface area contributed by atoms with Crippen LogP contribution in [0.25, 0.3) is 0 Å². The molecule has 1 unspecified atom stereocenters. The van der Waals surface area contributed by atoms with Crippen LogP contribution in [-0.2, 0) is 24.9 Å². The predicted octanol–water partition coefficient (Wildman–Crippen LogP) is 3.84. The highest BCUT2D eigenvalue weighted by molar-refractivity contribution is 14.0. The van der Waals surface area contributed by atoms with Crippen molar-refractivity contribution < 1.29 is 0 Å². The maximum absolute atomic E-state index is 4.76. The number of fused-ring (bicyclic) bond motifs is 1. The second-order valence-corrected chi connectivity index (χ2v) is 9.62. The molecule has 7 nitrogen and oxygen atoms in total. The van der Waals surface area contributed by atoms with Crippen LogP contribution in [0.1, 0.15) is 76.2 Å². The number of nitrogens with one attached hydrogen (secondary N) is 2. The largest absolute Gasteiger partial charge is 0.357 e. The molecule has 162 valence electrons. The monoisotopic (exact) mass is 531 g/mol. The third kappa shape index (κ3) is 6.37. The highest BCUT2D eigenvalue weighted by atomic mass is 127. The lowest BCUT2D eigenvalue weighted by molar-refractivity contribution is 0.391. The predicted molar refractivity (Wildman–Crippen MR) is 130 cm³/mol. The summed E-state index contributed by atoms with van der Waals surface area (Å²) in [5.74, 6) is 3.24. The lowest BCUT2D eigenvalue weighted by atomic mass is 9.93. The van der Waals surface area contributed by atoms with Gasteiger partial charge in [0.1, 0.15) is 10.8 Å². The zero-order valence-electron chi connectivity index (χ0n) is 18.3. The fourth-order valence-corrected chi connectivity index (χ4v) is 4.02. The van der Waals surface area contributed by atoms with E-state index in [0.717, 1.165) is 54.2 Å². The van der Waals surface area contributed by atoms with Crippen molar-refractivity contribution in [3.8, 4) is 0 Å². The van der Waals surface area contributed by atoms with Gasteiger partial charge >= 0.3 is 0 Å². The lowest BCUT2D eigenvalue weighted by Crippen LogP contribution is -2.47. The number of guanidine groups is 1. The van der Waals surface area contributed by atoms with Crippen LogP contribution in [0.3, 0.4) is 0 Å². The molecule has 2 aromatic heterocycles. The van der Waals surface area contributed by atoms with E-state index in [-0.39, 0.29) is 29.4 Å². The molecule has 0 fully saturated rings. The number of hydrogen-bond acceptors (Lipinski definition) is 5. The number of rotatable bonds is 5. The summed E-state index contributed by atoms with van der Waals surface area (Å²) in [4.78, 5) is 14.2. The van der Waals surface area contributed by atoms with Crippen LogP contribution >= 0.6 is 35.3 Å². The molecular weight excluding hydrogens is 497 g/mol. The minimum absolute atomic E-state index is 0. The summed E-state index contributed by atoms with van der Waals surface area (Å²) in [5, 5.41) is 14.8. The van der Waals surface area contributed by atoms with Gasteiger partial charge in [-0.25, -0.2) is 19.6 Å². The summed E-state index contributed by atoms with van der Waals surface area (Å²) in [6, 6.07) is 0.299. The van der Waals surface area contributed by atoms with Gasteiger partial charge in [-0.3, -0.25) is 0 Å². The zero-order chi connectivity index (χ0) is 20.3. The zero-order valence-corrected chi connectivity index (χ0v) is 21.5. The van der Waals surface area contributed by atoms with Crippen molar-refractivity contribution in [2.24, 2.45) is 4.99 Å². The molecule has 0 aliphatic carbocycles. The smallest absolute Gasteiger partial charge is 0.191 e. The Bertz CT molecular complexity index is 819. The van der Waals surface area contributed by atoms with Gasteiger partial charge in [0.15, 0.2) is 11.8 Å². The molecule has 0 spiro atoms. The number of aryl methyl sites for hydroxylation is 1. The molecule has 0 aromatic carbocycles. The Labute approximate surface area is 195 Å². The van der Waals surface area contributed by atoms with Crippen LogP contribution in [0.15, 0.2) is 10.4 Å². The summed E-state index contributed by atoms with van der Waals surface area (Å²) < 4.78 is 2.05. The first-order valence-electron chi connectivity index (χ1n) is 10.2. The molecular formula is C20H34IN7S. The molecule has 1 atom stereocenters. The van der Waals surface area contributed by atoms with Gasteiger partial charge in [-0.1, -0.05) is 34.6 Å². The molecule has 1 aliphatic rings. The van der Waals surface area contributed by atoms with E-state index in [0.29, 0.717) is 18.5 Å². The van der Waals surface area contributed by atoms with E-state index >= 15 is 0 Å². The fourth-order valence-electron chi connectivity index (χ4n) is 3.08. The molecule has 0 radical (unpaired) electrons. The topological polar surface area (TPSA) is 80.0 Å². The standard InChI is InChI=1S/C20H33N7S.HI/c1-7-21-19(22-10-17-24-15(12-28-17)20(4,5)6)23-14-8-9-16-25-18(13(2)3)26-27(16)11-14;/h12-14H,7-11H2,1-6H3,(H2,21,22,23);1H. The molecule has 3 heterocycles. The Morgan fingerprint density at radius 1 is 1.34 bits per heavy atom. The van der Waals surface area contributed by atoms with Crippen molar-refractivity contribution >= 4 is 41.3 Å². The van der Waals surface area contributed by atoms with Crippen molar-refractivity contribution in [2.45, 2.75) is 84.8 Å². The van der Waals surface area contributed by atoms with Gasteiger partial charge in [0.25, 0.3) is 0 Å². The third-order valence-corrected chi connectivity index (χ3v) is 5.60. The molecule has 2 N–H and O–H groups in total. The Hall–Kier alpha value is -1.23. The number of nitrogens with zero attached hydrogens (tertiary/aromatic N) is 5. The normalized spacial score (nSPS) is 17.1. The average Bonchev–Trinajstić information content (AvgIpc) is 3.26. The van der Waals surface area contributed by atoms with E-state index < -0.39 is 0 Å². The van der Waals surface area contributed by atoms with Gasteiger partial charge in [0.05, 0.1) is 18.8 Å². The summed E-state index contributed by atoms with van der Waals surface area (Å²) in [5.41, 5.74) is 1.21. The number of halogens is 1. The summed E-state index contributed by atoms with van der Waals surface area (Å²) in [7, 11) is 0. The highest BCUT2D eigenvalue weighted by Crippen LogP contribution is 2.24. The first-order chi connectivity index (χ1) is 13.3. The van der Waals surface area contributed by atoms with Crippen molar-refractivity contribution in [2.75, 3.05) is 6.54 Å². The van der Waals surface area contributed by atoms with E-state index in [2.05, 4.69) is 72.3 Å². The van der Waals surface area contributed by atoms with Crippen LogP contribution in [0.2, 0.25) is 0 Å². The van der Waals surface area contributed by atoms with Crippen LogP contribution < -0.4 is 10.6 Å². The molecule has 3 rings (SSSR count). The molecule has 0 bridgehead atoms. The van der Waals surface area contributed by atoms with E-state index in [9.17, 15) is 0 Å². The van der Waals surface area contributed by atoms with Gasteiger partial charge in [0.2, 0.25) is 0 Å². The van der Waals surface area contributed by atoms with Crippen LogP contribution in [0.4, 0.5) is 0 Å². The van der Waals surface area contributed by atoms with Crippen LogP contribution in [0.5, 0.6) is 0 Å². The van der Waals surface area contributed by atoms with E-state index in [4.69, 9.17) is 9.98 Å². The quantitative estimate of drug-likeness (QED) is 0.348. The molecule has 2 aromatic rings. The second-order valence-electron chi connectivity index (χ2n) is 8.67. The summed E-state index contributed by atoms with van der Waals surface area (Å²) >= 11 is 1.68. The minimum atomic E-state index is 0. The van der Waals surface area contributed by atoms with Gasteiger partial charge in [-0.05, 0) is 13.3 Å². The number of aliphatic imine (C=N–C) groups is 1. The van der Waals surface area contributed by atoms with E-state index in [1.165, 1.54) is 0 Å². The molecule has 1 aliphatic heterocycles. The molecule has 0 saturated carbocycles. The molecule has 0 saturated heterocycles. The Morgan fingerprint density at radius 3 is 2.72 bits per heavy atom. The lowest BCUT2D eigenvalue weighted by Gasteiger charge is -2.25. The first-order valence-corrected chi connectivity index (χ1v) is 11.1. The SMILES string of the molecule is CCNC(=NCc1nc(C(C)(C)C)cs1)NC1CCc2nc(C(C)C)nn2C1.I. The number of hydrogen-bond donors (Lipinski definition) is 2. The van der Waals surface area contributed by atoms with Crippen molar-refractivity contribution in [1.29, 1.82) is 0 Å². The van der Waals surface area contributed by atoms with Gasteiger partial charge < -0.3 is 10.6 Å². The Morgan fingerprint density at radius 2 is 2.10 bits per heavy atom. The minimum Gasteiger partial charge on any atom is -0.357 e. The van der Waals surface area contributed by atoms with Gasteiger partial charge in [0, 0.05) is 35.7 Å². The number of aromatic nitrogens is 4. The van der Waals surface area contributed by atoms with Gasteiger partial charge in [-0.2, -0.15) is 5.10 Å². The number of thiazole rings is 1. The average molecular weight is 532 g/mol. The van der Waals surface area contributed by atoms with Crippen molar-refractivity contribution in [3.05, 3.63) is 27.7 Å². The maximum Gasteiger partial charge on any atom is 0.191 e. The van der Waals surface area contributed by atoms with Crippen LogP contribution in [-0.4, -0.2) is 38.3 Å². The Balaban J connectivity index is 0.00000300. The van der Waals surface area contributed by atoms with E-state index in [1.54, 1.807) is 11.3 Å². The second kappa shape index (κ2) is 10.2. The molecule has 0 amide bonds. The van der Waals surface area contributed by atoms with Crippen molar-refractivity contribution in [1.82, 2.24) is 30.4 Å². The van der Waals surface area contributed by atoms with E-state index in [1.807, 2.05) is 0 Å². The molecule has 9 heteroatoms. The Kier molecular flexibility index (Phi) is 8.45.